The average Bonchev–Trinajstić information content (AvgIpc) is 2.72. The fourth-order valence-electron chi connectivity index (χ4n) is 2.46. The molecule has 1 heterocycles. The van der Waals surface area contributed by atoms with E-state index in [1.807, 2.05) is 6.07 Å². The van der Waals surface area contributed by atoms with E-state index in [0.717, 1.165) is 5.56 Å². The van der Waals surface area contributed by atoms with Crippen LogP contribution in [0.3, 0.4) is 0 Å². The van der Waals surface area contributed by atoms with Crippen molar-refractivity contribution in [2.45, 2.75) is 18.0 Å². The lowest BCUT2D eigenvalue weighted by Gasteiger charge is -2.09. The van der Waals surface area contributed by atoms with Gasteiger partial charge in [-0.05, 0) is 47.5 Å². The Morgan fingerprint density at radius 1 is 0.964 bits per heavy atom. The van der Waals surface area contributed by atoms with Gasteiger partial charge in [0.2, 0.25) is 10.0 Å². The summed E-state index contributed by atoms with van der Waals surface area (Å²) in [5.41, 5.74) is 1.68. The molecule has 0 saturated heterocycles. The number of benzene rings is 2. The molecule has 144 valence electrons. The number of carbonyl (C=O) groups excluding carboxylic acids is 1. The van der Waals surface area contributed by atoms with Crippen LogP contribution in [0.5, 0.6) is 0 Å². The zero-order valence-electron chi connectivity index (χ0n) is 14.8. The van der Waals surface area contributed by atoms with Gasteiger partial charge in [0, 0.05) is 31.0 Å². The molecular formula is C20H18FN3O3S. The summed E-state index contributed by atoms with van der Waals surface area (Å²) in [7, 11) is -3.83. The topological polar surface area (TPSA) is 88.2 Å². The second-order valence-electron chi connectivity index (χ2n) is 6.02. The molecule has 0 bridgehead atoms. The highest BCUT2D eigenvalue weighted by atomic mass is 32.2. The summed E-state index contributed by atoms with van der Waals surface area (Å²) < 4.78 is 40.4. The largest absolute Gasteiger partial charge is 0.348 e. The van der Waals surface area contributed by atoms with Crippen molar-refractivity contribution in [3.63, 3.8) is 0 Å². The van der Waals surface area contributed by atoms with Crippen molar-refractivity contribution >= 4 is 15.9 Å². The van der Waals surface area contributed by atoms with Gasteiger partial charge in [-0.1, -0.05) is 24.3 Å². The van der Waals surface area contributed by atoms with Gasteiger partial charge in [0.15, 0.2) is 0 Å². The summed E-state index contributed by atoms with van der Waals surface area (Å²) in [6.45, 7) is 0.298. The van der Waals surface area contributed by atoms with Crippen molar-refractivity contribution in [2.75, 3.05) is 0 Å². The van der Waals surface area contributed by atoms with Crippen molar-refractivity contribution < 1.29 is 17.6 Å². The lowest BCUT2D eigenvalue weighted by Crippen LogP contribution is -2.25. The van der Waals surface area contributed by atoms with Crippen LogP contribution >= 0.6 is 0 Å². The predicted octanol–water partition coefficient (Wildman–Crippen LogP) is 2.63. The maximum atomic E-state index is 12.9. The molecule has 0 aliphatic carbocycles. The van der Waals surface area contributed by atoms with E-state index in [1.54, 1.807) is 18.5 Å². The molecule has 0 spiro atoms. The molecule has 1 amide bonds. The van der Waals surface area contributed by atoms with E-state index in [9.17, 15) is 17.6 Å². The number of pyridine rings is 1. The first-order chi connectivity index (χ1) is 13.4. The van der Waals surface area contributed by atoms with Gasteiger partial charge in [0.25, 0.3) is 5.91 Å². The number of amides is 1. The smallest absolute Gasteiger partial charge is 0.251 e. The Morgan fingerprint density at radius 2 is 1.75 bits per heavy atom. The fraction of sp³-hybridized carbons (Fsp3) is 0.100. The lowest BCUT2D eigenvalue weighted by atomic mass is 10.2. The minimum absolute atomic E-state index is 0.0139. The third kappa shape index (κ3) is 5.21. The van der Waals surface area contributed by atoms with Gasteiger partial charge in [-0.2, -0.15) is 0 Å². The summed E-state index contributed by atoms with van der Waals surface area (Å²) in [6, 6.07) is 14.9. The van der Waals surface area contributed by atoms with E-state index >= 15 is 0 Å². The zero-order valence-corrected chi connectivity index (χ0v) is 15.6. The average molecular weight is 399 g/mol. The summed E-state index contributed by atoms with van der Waals surface area (Å²) >= 11 is 0. The minimum Gasteiger partial charge on any atom is -0.348 e. The molecule has 3 rings (SSSR count). The van der Waals surface area contributed by atoms with Crippen LogP contribution in [0.1, 0.15) is 21.5 Å². The van der Waals surface area contributed by atoms with E-state index in [4.69, 9.17) is 0 Å². The third-order valence-corrected chi connectivity index (χ3v) is 5.36. The molecule has 28 heavy (non-hydrogen) atoms. The van der Waals surface area contributed by atoms with E-state index in [1.165, 1.54) is 48.5 Å². The van der Waals surface area contributed by atoms with Crippen molar-refractivity contribution in [3.05, 3.63) is 95.6 Å². The molecule has 0 aliphatic rings. The molecule has 0 radical (unpaired) electrons. The number of hydrogen-bond donors (Lipinski definition) is 2. The molecular weight excluding hydrogens is 381 g/mol. The first kappa shape index (κ1) is 19.7. The molecule has 3 aromatic rings. The molecule has 0 saturated carbocycles. The Morgan fingerprint density at radius 3 is 2.46 bits per heavy atom. The number of hydrogen-bond acceptors (Lipinski definition) is 4. The minimum atomic E-state index is -3.83. The lowest BCUT2D eigenvalue weighted by molar-refractivity contribution is 0.0950. The molecule has 0 atom stereocenters. The van der Waals surface area contributed by atoms with Gasteiger partial charge in [0.1, 0.15) is 5.82 Å². The molecule has 2 N–H and O–H groups in total. The van der Waals surface area contributed by atoms with Crippen LogP contribution in [0.25, 0.3) is 0 Å². The maximum Gasteiger partial charge on any atom is 0.251 e. The summed E-state index contributed by atoms with van der Waals surface area (Å²) in [5.74, 6) is -0.781. The normalized spacial score (nSPS) is 11.2. The highest BCUT2D eigenvalue weighted by Crippen LogP contribution is 2.13. The van der Waals surface area contributed by atoms with Crippen molar-refractivity contribution in [1.82, 2.24) is 15.0 Å². The number of sulfonamides is 1. The van der Waals surface area contributed by atoms with E-state index in [2.05, 4.69) is 15.0 Å². The van der Waals surface area contributed by atoms with Gasteiger partial charge < -0.3 is 5.32 Å². The number of halogens is 1. The molecule has 6 nitrogen and oxygen atoms in total. The summed E-state index contributed by atoms with van der Waals surface area (Å²) in [6.07, 6.45) is 3.28. The second-order valence-corrected chi connectivity index (χ2v) is 7.79. The standard InChI is InChI=1S/C20H18FN3O3S/c21-18-8-6-15(7-9-18)14-24-28(26,27)19-5-1-4-17(11-19)20(25)23-13-16-3-2-10-22-12-16/h1-12,24H,13-14H2,(H,23,25). The Hall–Kier alpha value is -3.10. The molecule has 2 aromatic carbocycles. The van der Waals surface area contributed by atoms with Crippen molar-refractivity contribution in [3.8, 4) is 0 Å². The second kappa shape index (κ2) is 8.73. The predicted molar refractivity (Wildman–Crippen MR) is 102 cm³/mol. The molecule has 0 aliphatic heterocycles. The number of nitrogens with zero attached hydrogens (tertiary/aromatic N) is 1. The first-order valence-electron chi connectivity index (χ1n) is 8.45. The quantitative estimate of drug-likeness (QED) is 0.639. The molecule has 0 fully saturated rings. The van der Waals surface area contributed by atoms with Crippen LogP contribution in [-0.2, 0) is 23.1 Å². The zero-order chi connectivity index (χ0) is 20.0. The van der Waals surface area contributed by atoms with Gasteiger partial charge in [-0.3, -0.25) is 9.78 Å². The highest BCUT2D eigenvalue weighted by molar-refractivity contribution is 7.89. The van der Waals surface area contributed by atoms with Crippen LogP contribution in [0.2, 0.25) is 0 Å². The van der Waals surface area contributed by atoms with E-state index < -0.39 is 15.8 Å². The first-order valence-corrected chi connectivity index (χ1v) is 9.94. The van der Waals surface area contributed by atoms with E-state index in [0.29, 0.717) is 5.56 Å². The Labute approximate surface area is 162 Å². The Bertz CT molecular complexity index is 1060. The number of carbonyl (C=O) groups is 1. The number of aromatic nitrogens is 1. The molecule has 8 heteroatoms. The SMILES string of the molecule is O=C(NCc1cccnc1)c1cccc(S(=O)(=O)NCc2ccc(F)cc2)c1. The summed E-state index contributed by atoms with van der Waals surface area (Å²) in [5, 5.41) is 2.73. The third-order valence-electron chi connectivity index (χ3n) is 3.96. The highest BCUT2D eigenvalue weighted by Gasteiger charge is 2.16. The van der Waals surface area contributed by atoms with Crippen molar-refractivity contribution in [1.29, 1.82) is 0 Å². The monoisotopic (exact) mass is 399 g/mol. The molecule has 0 unspecified atom stereocenters. The Kier molecular flexibility index (Phi) is 6.13. The van der Waals surface area contributed by atoms with Crippen LogP contribution < -0.4 is 10.0 Å². The number of nitrogens with one attached hydrogen (secondary N) is 2. The van der Waals surface area contributed by atoms with E-state index in [-0.39, 0.29) is 29.5 Å². The Balaban J connectivity index is 1.67. The van der Waals surface area contributed by atoms with Crippen LogP contribution in [0.15, 0.2) is 78.0 Å². The van der Waals surface area contributed by atoms with Gasteiger partial charge in [-0.15, -0.1) is 0 Å². The van der Waals surface area contributed by atoms with Gasteiger partial charge >= 0.3 is 0 Å². The van der Waals surface area contributed by atoms with Crippen LogP contribution in [0, 0.1) is 5.82 Å². The van der Waals surface area contributed by atoms with Gasteiger partial charge in [0.05, 0.1) is 4.90 Å². The van der Waals surface area contributed by atoms with Crippen LogP contribution in [-0.4, -0.2) is 19.3 Å². The maximum absolute atomic E-state index is 12.9. The van der Waals surface area contributed by atoms with Crippen molar-refractivity contribution in [2.24, 2.45) is 0 Å². The number of rotatable bonds is 7. The van der Waals surface area contributed by atoms with Gasteiger partial charge in [-0.25, -0.2) is 17.5 Å². The summed E-state index contributed by atoms with van der Waals surface area (Å²) in [4.78, 5) is 16.3. The fourth-order valence-corrected chi connectivity index (χ4v) is 3.52. The van der Waals surface area contributed by atoms with Crippen LogP contribution in [0.4, 0.5) is 4.39 Å². The molecule has 1 aromatic heterocycles.